The first-order valence-corrected chi connectivity index (χ1v) is 7.06. The molecule has 0 aliphatic heterocycles. The fourth-order valence-electron chi connectivity index (χ4n) is 1.66. The van der Waals surface area contributed by atoms with E-state index in [4.69, 9.17) is 11.6 Å². The van der Waals surface area contributed by atoms with Crippen LogP contribution in [0.5, 0.6) is 0 Å². The van der Waals surface area contributed by atoms with Gasteiger partial charge < -0.3 is 15.7 Å². The van der Waals surface area contributed by atoms with Crippen molar-refractivity contribution in [3.8, 4) is 0 Å². The van der Waals surface area contributed by atoms with Crippen molar-refractivity contribution in [1.82, 2.24) is 5.32 Å². The number of anilines is 1. The summed E-state index contributed by atoms with van der Waals surface area (Å²) in [6.07, 6.45) is 0.762. The molecule has 0 unspecified atom stereocenters. The molecule has 0 heterocycles. The molecule has 1 rings (SSSR count). The van der Waals surface area contributed by atoms with Crippen molar-refractivity contribution in [2.24, 2.45) is 0 Å². The second-order valence-corrected chi connectivity index (χ2v) is 5.25. The van der Waals surface area contributed by atoms with E-state index in [9.17, 15) is 23.5 Å². The number of carbonyl (C=O) groups excluding carboxylic acids is 2. The summed E-state index contributed by atoms with van der Waals surface area (Å²) in [5, 5.41) is 13.9. The lowest BCUT2D eigenvalue weighted by atomic mass is 9.98. The number of benzene rings is 1. The van der Waals surface area contributed by atoms with Crippen LogP contribution >= 0.6 is 11.6 Å². The van der Waals surface area contributed by atoms with Gasteiger partial charge in [-0.3, -0.25) is 9.59 Å². The van der Waals surface area contributed by atoms with Crippen molar-refractivity contribution >= 4 is 29.1 Å². The van der Waals surface area contributed by atoms with Crippen LogP contribution in [0.25, 0.3) is 0 Å². The summed E-state index contributed by atoms with van der Waals surface area (Å²) < 4.78 is 27.0. The van der Waals surface area contributed by atoms with Gasteiger partial charge in [0.25, 0.3) is 0 Å². The second kappa shape index (κ2) is 7.51. The van der Waals surface area contributed by atoms with E-state index in [0.717, 1.165) is 12.1 Å². The largest absolute Gasteiger partial charge is 0.388 e. The molecule has 0 aliphatic rings. The third-order valence-electron chi connectivity index (χ3n) is 3.35. The average Bonchev–Trinajstić information content (AvgIpc) is 2.47. The molecule has 0 atom stereocenters. The summed E-state index contributed by atoms with van der Waals surface area (Å²) in [7, 11) is 0. The van der Waals surface area contributed by atoms with Gasteiger partial charge in [-0.05, 0) is 25.0 Å². The normalized spacial score (nSPS) is 11.2. The Balaban J connectivity index is 2.72. The minimum Gasteiger partial charge on any atom is -0.388 e. The van der Waals surface area contributed by atoms with Gasteiger partial charge in [0.2, 0.25) is 0 Å². The molecule has 0 fully saturated rings. The van der Waals surface area contributed by atoms with Crippen LogP contribution in [0, 0.1) is 11.6 Å². The quantitative estimate of drug-likeness (QED) is 0.722. The zero-order valence-electron chi connectivity index (χ0n) is 12.2. The zero-order chi connectivity index (χ0) is 16.9. The van der Waals surface area contributed by atoms with Crippen molar-refractivity contribution < 1.29 is 23.5 Å². The highest BCUT2D eigenvalue weighted by atomic mass is 35.5. The number of amides is 2. The number of rotatable bonds is 5. The third kappa shape index (κ3) is 4.64. The smallest absolute Gasteiger partial charge is 0.313 e. The lowest BCUT2D eigenvalue weighted by Crippen LogP contribution is -2.45. The molecule has 122 valence electrons. The summed E-state index contributed by atoms with van der Waals surface area (Å²) in [5.41, 5.74) is -1.89. The van der Waals surface area contributed by atoms with E-state index in [1.807, 2.05) is 5.32 Å². The first-order chi connectivity index (χ1) is 10.2. The molecule has 0 radical (unpaired) electrons. The van der Waals surface area contributed by atoms with E-state index < -0.39 is 34.7 Å². The number of hydrogen-bond acceptors (Lipinski definition) is 3. The summed E-state index contributed by atoms with van der Waals surface area (Å²) in [4.78, 5) is 23.2. The molecule has 0 bridgehead atoms. The average molecular weight is 335 g/mol. The van der Waals surface area contributed by atoms with Gasteiger partial charge in [-0.1, -0.05) is 25.4 Å². The van der Waals surface area contributed by atoms with Crippen LogP contribution in [0.4, 0.5) is 14.5 Å². The van der Waals surface area contributed by atoms with E-state index in [0.29, 0.717) is 12.8 Å². The predicted octanol–water partition coefficient (Wildman–Crippen LogP) is 2.22. The highest BCUT2D eigenvalue weighted by molar-refractivity contribution is 6.39. The van der Waals surface area contributed by atoms with Gasteiger partial charge in [-0.2, -0.15) is 0 Å². The number of hydrogen-bond donors (Lipinski definition) is 3. The van der Waals surface area contributed by atoms with Crippen LogP contribution in [0.1, 0.15) is 26.7 Å². The maximum Gasteiger partial charge on any atom is 0.313 e. The zero-order valence-corrected chi connectivity index (χ0v) is 12.9. The Morgan fingerprint density at radius 1 is 1.18 bits per heavy atom. The number of aliphatic hydroxyl groups is 1. The van der Waals surface area contributed by atoms with Gasteiger partial charge in [0.05, 0.1) is 5.60 Å². The van der Waals surface area contributed by atoms with Gasteiger partial charge in [0, 0.05) is 11.6 Å². The number of nitrogens with one attached hydrogen (secondary N) is 2. The molecule has 0 saturated carbocycles. The third-order valence-corrected chi connectivity index (χ3v) is 3.56. The van der Waals surface area contributed by atoms with Crippen LogP contribution in [0.15, 0.2) is 12.1 Å². The van der Waals surface area contributed by atoms with Crippen LogP contribution in [-0.2, 0) is 9.59 Å². The summed E-state index contributed by atoms with van der Waals surface area (Å²) in [6.45, 7) is 3.32. The Hall–Kier alpha value is -1.73. The van der Waals surface area contributed by atoms with Crippen LogP contribution in [0.3, 0.4) is 0 Å². The van der Waals surface area contributed by atoms with Crippen molar-refractivity contribution in [3.05, 3.63) is 28.8 Å². The van der Waals surface area contributed by atoms with E-state index in [-0.39, 0.29) is 11.6 Å². The van der Waals surface area contributed by atoms with Gasteiger partial charge in [0.15, 0.2) is 11.6 Å². The molecular formula is C14H17ClF2N2O3. The highest BCUT2D eigenvalue weighted by Gasteiger charge is 2.25. The molecule has 1 aromatic rings. The number of halogens is 3. The Morgan fingerprint density at radius 3 is 2.14 bits per heavy atom. The molecule has 22 heavy (non-hydrogen) atoms. The maximum atomic E-state index is 13.5. The van der Waals surface area contributed by atoms with Crippen LogP contribution in [-0.4, -0.2) is 29.1 Å². The van der Waals surface area contributed by atoms with Crippen molar-refractivity contribution in [2.45, 2.75) is 32.3 Å². The standard InChI is InChI=1S/C14H17ClF2N2O3/c1-3-14(22,4-2)7-18-12(20)13(21)19-11-9(16)5-8(15)6-10(11)17/h5-6,22H,3-4,7H2,1-2H3,(H,18,20)(H,19,21). The lowest BCUT2D eigenvalue weighted by Gasteiger charge is -2.25. The molecule has 0 spiro atoms. The monoisotopic (exact) mass is 334 g/mol. The molecule has 1 aromatic carbocycles. The Bertz CT molecular complexity index is 554. The Labute approximate surface area is 131 Å². The van der Waals surface area contributed by atoms with Gasteiger partial charge in [0.1, 0.15) is 5.69 Å². The maximum absolute atomic E-state index is 13.5. The number of carbonyl (C=O) groups is 2. The molecule has 2 amide bonds. The molecule has 0 saturated heterocycles. The minimum atomic E-state index is -1.24. The lowest BCUT2D eigenvalue weighted by molar-refractivity contribution is -0.136. The molecular weight excluding hydrogens is 318 g/mol. The SMILES string of the molecule is CCC(O)(CC)CNC(=O)C(=O)Nc1c(F)cc(Cl)cc1F. The molecule has 3 N–H and O–H groups in total. The summed E-state index contributed by atoms with van der Waals surface area (Å²) in [6, 6.07) is 1.62. The van der Waals surface area contributed by atoms with Crippen molar-refractivity contribution in [2.75, 3.05) is 11.9 Å². The van der Waals surface area contributed by atoms with E-state index in [1.165, 1.54) is 0 Å². The highest BCUT2D eigenvalue weighted by Crippen LogP contribution is 2.23. The fourth-order valence-corrected chi connectivity index (χ4v) is 1.85. The summed E-state index contributed by atoms with van der Waals surface area (Å²) >= 11 is 5.45. The molecule has 5 nitrogen and oxygen atoms in total. The van der Waals surface area contributed by atoms with Gasteiger partial charge >= 0.3 is 11.8 Å². The molecule has 0 aromatic heterocycles. The summed E-state index contributed by atoms with van der Waals surface area (Å²) in [5.74, 6) is -4.53. The Morgan fingerprint density at radius 2 is 1.68 bits per heavy atom. The van der Waals surface area contributed by atoms with E-state index >= 15 is 0 Å². The van der Waals surface area contributed by atoms with Gasteiger partial charge in [-0.15, -0.1) is 0 Å². The predicted molar refractivity (Wildman–Crippen MR) is 78.5 cm³/mol. The minimum absolute atomic E-state index is 0.141. The van der Waals surface area contributed by atoms with E-state index in [1.54, 1.807) is 13.8 Å². The first-order valence-electron chi connectivity index (χ1n) is 6.68. The second-order valence-electron chi connectivity index (χ2n) is 4.81. The molecule has 8 heteroatoms. The van der Waals surface area contributed by atoms with Crippen LogP contribution < -0.4 is 10.6 Å². The van der Waals surface area contributed by atoms with Crippen molar-refractivity contribution in [3.63, 3.8) is 0 Å². The Kier molecular flexibility index (Phi) is 6.25. The fraction of sp³-hybridized carbons (Fsp3) is 0.429. The van der Waals surface area contributed by atoms with Crippen LogP contribution in [0.2, 0.25) is 5.02 Å². The van der Waals surface area contributed by atoms with Crippen molar-refractivity contribution in [1.29, 1.82) is 0 Å². The molecule has 0 aliphatic carbocycles. The van der Waals surface area contributed by atoms with Gasteiger partial charge in [-0.25, -0.2) is 8.78 Å². The van der Waals surface area contributed by atoms with E-state index in [2.05, 4.69) is 5.32 Å². The topological polar surface area (TPSA) is 78.4 Å². The first kappa shape index (κ1) is 18.3.